The van der Waals surface area contributed by atoms with Crippen molar-refractivity contribution in [1.29, 1.82) is 0 Å². The maximum absolute atomic E-state index is 13.0. The number of aromatic nitrogens is 2. The molecular formula is C18H23N5O5S3. The van der Waals surface area contributed by atoms with E-state index in [2.05, 4.69) is 15.5 Å². The molecule has 168 valence electrons. The summed E-state index contributed by atoms with van der Waals surface area (Å²) in [7, 11) is -3.67. The van der Waals surface area contributed by atoms with Gasteiger partial charge in [-0.2, -0.15) is 4.31 Å². The highest BCUT2D eigenvalue weighted by atomic mass is 32.2. The van der Waals surface area contributed by atoms with E-state index >= 15 is 0 Å². The Balaban J connectivity index is 1.31. The number of fused-ring (bicyclic) bond motifs is 1. The SMILES string of the molecule is CCNc1nnc(SCC(=O)N2CCN(S(=O)(=O)c3ccc4c(c3)OCCO4)CC2)s1. The molecule has 1 saturated heterocycles. The molecule has 1 fully saturated rings. The quantitative estimate of drug-likeness (QED) is 0.581. The largest absolute Gasteiger partial charge is 0.486 e. The Labute approximate surface area is 189 Å². The van der Waals surface area contributed by atoms with Crippen LogP contribution in [0.15, 0.2) is 27.4 Å². The number of hydrogen-bond acceptors (Lipinski definition) is 10. The van der Waals surface area contributed by atoms with E-state index in [1.165, 1.54) is 39.5 Å². The van der Waals surface area contributed by atoms with Gasteiger partial charge in [0.05, 0.1) is 10.6 Å². The molecule has 2 aromatic rings. The lowest BCUT2D eigenvalue weighted by molar-refractivity contribution is -0.129. The van der Waals surface area contributed by atoms with Crippen molar-refractivity contribution in [3.05, 3.63) is 18.2 Å². The monoisotopic (exact) mass is 485 g/mol. The van der Waals surface area contributed by atoms with Crippen LogP contribution in [0.4, 0.5) is 5.13 Å². The smallest absolute Gasteiger partial charge is 0.243 e. The minimum atomic E-state index is -3.67. The van der Waals surface area contributed by atoms with E-state index in [1.54, 1.807) is 11.0 Å². The second kappa shape index (κ2) is 9.59. The number of rotatable bonds is 7. The van der Waals surface area contributed by atoms with Crippen LogP contribution in [0.25, 0.3) is 0 Å². The van der Waals surface area contributed by atoms with Gasteiger partial charge in [-0.25, -0.2) is 8.42 Å². The van der Waals surface area contributed by atoms with Crippen molar-refractivity contribution in [2.24, 2.45) is 0 Å². The van der Waals surface area contributed by atoms with Gasteiger partial charge < -0.3 is 19.7 Å². The van der Waals surface area contributed by atoms with Crippen LogP contribution in [0, 0.1) is 0 Å². The molecule has 2 aliphatic heterocycles. The summed E-state index contributed by atoms with van der Waals surface area (Å²) in [5, 5.41) is 11.9. The molecule has 1 aromatic heterocycles. The zero-order valence-corrected chi connectivity index (χ0v) is 19.4. The number of amides is 1. The Morgan fingerprint density at radius 3 is 2.65 bits per heavy atom. The number of carbonyl (C=O) groups excluding carboxylic acids is 1. The number of nitrogens with zero attached hydrogens (tertiary/aromatic N) is 4. The van der Waals surface area contributed by atoms with Crippen molar-refractivity contribution in [3.8, 4) is 11.5 Å². The predicted octanol–water partition coefficient (Wildman–Crippen LogP) is 1.37. The van der Waals surface area contributed by atoms with E-state index in [0.717, 1.165) is 16.0 Å². The Morgan fingerprint density at radius 1 is 1.16 bits per heavy atom. The number of piperazine rings is 1. The number of thioether (sulfide) groups is 1. The lowest BCUT2D eigenvalue weighted by Gasteiger charge is -2.34. The fraction of sp³-hybridized carbons (Fsp3) is 0.500. The van der Waals surface area contributed by atoms with Gasteiger partial charge in [0.15, 0.2) is 15.8 Å². The predicted molar refractivity (Wildman–Crippen MR) is 118 cm³/mol. The van der Waals surface area contributed by atoms with Gasteiger partial charge >= 0.3 is 0 Å². The van der Waals surface area contributed by atoms with Crippen LogP contribution in [-0.4, -0.2) is 85.4 Å². The molecule has 0 saturated carbocycles. The highest BCUT2D eigenvalue weighted by Crippen LogP contribution is 2.33. The maximum Gasteiger partial charge on any atom is 0.243 e. The van der Waals surface area contributed by atoms with E-state index in [9.17, 15) is 13.2 Å². The number of benzene rings is 1. The second-order valence-corrected chi connectivity index (χ2v) is 10.9. The molecule has 1 amide bonds. The Hall–Kier alpha value is -2.09. The molecule has 0 atom stereocenters. The number of sulfonamides is 1. The molecule has 4 rings (SSSR count). The number of ether oxygens (including phenoxy) is 2. The van der Waals surface area contributed by atoms with Gasteiger partial charge in [0.25, 0.3) is 0 Å². The summed E-state index contributed by atoms with van der Waals surface area (Å²) in [4.78, 5) is 14.4. The summed E-state index contributed by atoms with van der Waals surface area (Å²) < 4.78 is 39.1. The summed E-state index contributed by atoms with van der Waals surface area (Å²) in [6.07, 6.45) is 0. The minimum Gasteiger partial charge on any atom is -0.486 e. The molecule has 0 unspecified atom stereocenters. The normalized spacial score (nSPS) is 16.9. The lowest BCUT2D eigenvalue weighted by Crippen LogP contribution is -2.50. The van der Waals surface area contributed by atoms with Crippen LogP contribution in [0.3, 0.4) is 0 Å². The Morgan fingerprint density at radius 2 is 1.90 bits per heavy atom. The zero-order chi connectivity index (χ0) is 21.8. The Kier molecular flexibility index (Phi) is 6.84. The third-order valence-electron chi connectivity index (χ3n) is 4.80. The van der Waals surface area contributed by atoms with Crippen molar-refractivity contribution in [2.75, 3.05) is 57.0 Å². The summed E-state index contributed by atoms with van der Waals surface area (Å²) in [5.74, 6) is 1.19. The molecule has 31 heavy (non-hydrogen) atoms. The number of anilines is 1. The van der Waals surface area contributed by atoms with Crippen LogP contribution in [0.2, 0.25) is 0 Å². The second-order valence-electron chi connectivity index (χ2n) is 6.78. The van der Waals surface area contributed by atoms with Crippen molar-refractivity contribution in [3.63, 3.8) is 0 Å². The third kappa shape index (κ3) is 5.05. The molecule has 0 aliphatic carbocycles. The van der Waals surface area contributed by atoms with E-state index in [1.807, 2.05) is 6.92 Å². The van der Waals surface area contributed by atoms with Crippen LogP contribution < -0.4 is 14.8 Å². The van der Waals surface area contributed by atoms with Crippen molar-refractivity contribution < 1.29 is 22.7 Å². The van der Waals surface area contributed by atoms with Crippen molar-refractivity contribution in [1.82, 2.24) is 19.4 Å². The van der Waals surface area contributed by atoms with E-state index in [4.69, 9.17) is 9.47 Å². The molecule has 13 heteroatoms. The van der Waals surface area contributed by atoms with Gasteiger partial charge in [-0.15, -0.1) is 10.2 Å². The molecular weight excluding hydrogens is 462 g/mol. The molecule has 0 bridgehead atoms. The lowest BCUT2D eigenvalue weighted by atomic mass is 10.3. The van der Waals surface area contributed by atoms with E-state index in [-0.39, 0.29) is 29.6 Å². The van der Waals surface area contributed by atoms with E-state index in [0.29, 0.717) is 37.8 Å². The highest BCUT2D eigenvalue weighted by Gasteiger charge is 2.31. The number of carbonyl (C=O) groups is 1. The van der Waals surface area contributed by atoms with Crippen LogP contribution in [-0.2, 0) is 14.8 Å². The molecule has 2 aliphatic rings. The van der Waals surface area contributed by atoms with Gasteiger partial charge in [-0.3, -0.25) is 4.79 Å². The van der Waals surface area contributed by atoms with Gasteiger partial charge in [-0.05, 0) is 19.1 Å². The molecule has 0 radical (unpaired) electrons. The van der Waals surface area contributed by atoms with E-state index < -0.39 is 10.0 Å². The fourth-order valence-electron chi connectivity index (χ4n) is 3.22. The number of nitrogens with one attached hydrogen (secondary N) is 1. The molecule has 0 spiro atoms. The van der Waals surface area contributed by atoms with Crippen molar-refractivity contribution in [2.45, 2.75) is 16.2 Å². The molecule has 10 nitrogen and oxygen atoms in total. The standard InChI is InChI=1S/C18H23N5O5S3/c1-2-19-17-20-21-18(30-17)29-12-16(24)22-5-7-23(8-6-22)31(25,26)13-3-4-14-15(11-13)28-10-9-27-14/h3-4,11H,2,5-10,12H2,1H3,(H,19,20). The van der Waals surface area contributed by atoms with Gasteiger partial charge in [0, 0.05) is 38.8 Å². The van der Waals surface area contributed by atoms with Crippen molar-refractivity contribution >= 4 is 44.2 Å². The summed E-state index contributed by atoms with van der Waals surface area (Å²) >= 11 is 2.75. The van der Waals surface area contributed by atoms with Crippen LogP contribution in [0.5, 0.6) is 11.5 Å². The third-order valence-corrected chi connectivity index (χ3v) is 8.69. The average molecular weight is 486 g/mol. The Bertz CT molecular complexity index is 1040. The maximum atomic E-state index is 13.0. The molecule has 1 aromatic carbocycles. The summed E-state index contributed by atoms with van der Waals surface area (Å²) in [6, 6.07) is 4.65. The first kappa shape index (κ1) is 22.1. The first-order chi connectivity index (χ1) is 15.0. The highest BCUT2D eigenvalue weighted by molar-refractivity contribution is 8.01. The molecule has 1 N–H and O–H groups in total. The zero-order valence-electron chi connectivity index (χ0n) is 16.9. The van der Waals surface area contributed by atoms with Gasteiger partial charge in [0.1, 0.15) is 13.2 Å². The van der Waals surface area contributed by atoms with Gasteiger partial charge in [-0.1, -0.05) is 23.1 Å². The minimum absolute atomic E-state index is 0.0402. The average Bonchev–Trinajstić information content (AvgIpc) is 3.25. The first-order valence-electron chi connectivity index (χ1n) is 9.85. The summed E-state index contributed by atoms with van der Waals surface area (Å²) in [5.41, 5.74) is 0. The number of hydrogen-bond donors (Lipinski definition) is 1. The van der Waals surface area contributed by atoms with Gasteiger partial charge in [0.2, 0.25) is 21.1 Å². The van der Waals surface area contributed by atoms with Crippen LogP contribution in [0.1, 0.15) is 6.92 Å². The first-order valence-corrected chi connectivity index (χ1v) is 13.1. The topological polar surface area (TPSA) is 114 Å². The summed E-state index contributed by atoms with van der Waals surface area (Å²) in [6.45, 7) is 4.77. The van der Waals surface area contributed by atoms with Crippen LogP contribution >= 0.6 is 23.1 Å². The molecule has 3 heterocycles. The fourth-order valence-corrected chi connectivity index (χ4v) is 6.38.